The summed E-state index contributed by atoms with van der Waals surface area (Å²) in [6.07, 6.45) is -10.2. The summed E-state index contributed by atoms with van der Waals surface area (Å²) in [7, 11) is -4.12. The number of sulfonamides is 1. The van der Waals surface area contributed by atoms with Gasteiger partial charge in [-0.3, -0.25) is 0 Å². The molecule has 3 N–H and O–H groups in total. The lowest BCUT2D eigenvalue weighted by atomic mass is 9.90. The lowest BCUT2D eigenvalue weighted by Gasteiger charge is -2.16. The second-order valence-corrected chi connectivity index (χ2v) is 14.5. The van der Waals surface area contributed by atoms with Gasteiger partial charge in [-0.2, -0.15) is 26.3 Å². The highest BCUT2D eigenvalue weighted by Gasteiger charge is 2.37. The maximum absolute atomic E-state index is 13.5. The van der Waals surface area contributed by atoms with Crippen molar-refractivity contribution in [3.8, 4) is 33.4 Å². The topological polar surface area (TPSA) is 87.3 Å². The zero-order valence-electron chi connectivity index (χ0n) is 26.6. The maximum Gasteiger partial charge on any atom is 0.416 e. The van der Waals surface area contributed by atoms with E-state index in [-0.39, 0.29) is 29.3 Å². The Balaban J connectivity index is 1.31. The first-order valence-corrected chi connectivity index (χ1v) is 17.6. The van der Waals surface area contributed by atoms with Crippen molar-refractivity contribution in [2.45, 2.75) is 36.3 Å². The number of benzene rings is 4. The Labute approximate surface area is 289 Å². The molecule has 262 valence electrons. The van der Waals surface area contributed by atoms with Crippen LogP contribution in [0.2, 0.25) is 0 Å². The number of hydrogen-bond donors (Lipinski definition) is 3. The molecule has 4 aromatic carbocycles. The third-order valence-electron chi connectivity index (χ3n) is 7.73. The highest BCUT2D eigenvalue weighted by molar-refractivity contribution is 7.91. The second-order valence-electron chi connectivity index (χ2n) is 11.6. The van der Waals surface area contributed by atoms with E-state index in [0.717, 1.165) is 39.2 Å². The molecule has 0 bridgehead atoms. The quantitative estimate of drug-likeness (QED) is 0.0988. The molecule has 2 amide bonds. The van der Waals surface area contributed by atoms with E-state index < -0.39 is 45.2 Å². The molecule has 0 aliphatic carbocycles. The largest absolute Gasteiger partial charge is 0.416 e. The molecule has 0 radical (unpaired) electrons. The minimum absolute atomic E-state index is 0.0358. The predicted molar refractivity (Wildman–Crippen MR) is 183 cm³/mol. The van der Waals surface area contributed by atoms with E-state index in [2.05, 4.69) is 10.0 Å². The molecule has 14 heteroatoms. The van der Waals surface area contributed by atoms with Crippen molar-refractivity contribution in [1.29, 1.82) is 0 Å². The van der Waals surface area contributed by atoms with E-state index in [9.17, 15) is 39.6 Å². The number of urea groups is 1. The van der Waals surface area contributed by atoms with Crippen molar-refractivity contribution in [1.82, 2.24) is 10.0 Å². The summed E-state index contributed by atoms with van der Waals surface area (Å²) in [6.45, 7) is 3.43. The molecule has 5 rings (SSSR count). The smallest absolute Gasteiger partial charge is 0.337 e. The standard InChI is InChI=1S/C36H31F6N3O3S2/c1-22(2)26-12-13-30(25-10-8-24(9-11-25)23-6-4-3-5-7-23)32(18-26)31-14-17-49-33(31)50(47,48)44-16-15-43-34(46)45-29-20-27(35(37,38)39)19-28(21-29)36(40,41)42/h3-14,17-22,44H,15-16H2,1-2H3,(H2,43,45,46). The predicted octanol–water partition coefficient (Wildman–Crippen LogP) is 10.0. The van der Waals surface area contributed by atoms with E-state index in [1.807, 2.05) is 92.0 Å². The first-order chi connectivity index (χ1) is 23.5. The average Bonchev–Trinajstić information content (AvgIpc) is 3.57. The minimum atomic E-state index is -5.09. The summed E-state index contributed by atoms with van der Waals surface area (Å²) >= 11 is 1.01. The van der Waals surface area contributed by atoms with E-state index in [1.165, 1.54) is 0 Å². The fraction of sp³-hybridized carbons (Fsp3) is 0.194. The van der Waals surface area contributed by atoms with E-state index in [4.69, 9.17) is 0 Å². The highest BCUT2D eigenvalue weighted by atomic mass is 32.2. The number of thiophene rings is 1. The highest BCUT2D eigenvalue weighted by Crippen LogP contribution is 2.41. The van der Waals surface area contributed by atoms with E-state index in [0.29, 0.717) is 23.3 Å². The molecule has 50 heavy (non-hydrogen) atoms. The van der Waals surface area contributed by atoms with Crippen LogP contribution in [0.4, 0.5) is 36.8 Å². The minimum Gasteiger partial charge on any atom is -0.337 e. The molecule has 0 aliphatic rings. The number of alkyl halides is 6. The zero-order valence-corrected chi connectivity index (χ0v) is 28.2. The van der Waals surface area contributed by atoms with Crippen molar-refractivity contribution in [2.24, 2.45) is 0 Å². The van der Waals surface area contributed by atoms with Crippen LogP contribution < -0.4 is 15.4 Å². The van der Waals surface area contributed by atoms with E-state index in [1.54, 1.807) is 11.4 Å². The van der Waals surface area contributed by atoms with Gasteiger partial charge in [-0.05, 0) is 68.9 Å². The Morgan fingerprint density at radius 1 is 0.700 bits per heavy atom. The molecule has 0 saturated heterocycles. The first-order valence-electron chi connectivity index (χ1n) is 15.2. The Hall–Kier alpha value is -4.66. The van der Waals surface area contributed by atoms with Crippen molar-refractivity contribution in [3.63, 3.8) is 0 Å². The Morgan fingerprint density at radius 3 is 1.90 bits per heavy atom. The van der Waals surface area contributed by atoms with Crippen LogP contribution in [-0.4, -0.2) is 27.5 Å². The van der Waals surface area contributed by atoms with Gasteiger partial charge >= 0.3 is 18.4 Å². The molecule has 5 aromatic rings. The molecule has 0 fully saturated rings. The molecule has 6 nitrogen and oxygen atoms in total. The summed E-state index contributed by atoms with van der Waals surface area (Å²) in [5.74, 6) is 0.160. The third kappa shape index (κ3) is 8.73. The third-order valence-corrected chi connectivity index (χ3v) is 10.7. The van der Waals surface area contributed by atoms with Crippen LogP contribution in [-0.2, 0) is 22.4 Å². The Morgan fingerprint density at radius 2 is 1.30 bits per heavy atom. The molecular formula is C36H31F6N3O3S2. The van der Waals surface area contributed by atoms with Gasteiger partial charge in [0.2, 0.25) is 0 Å². The SMILES string of the molecule is CC(C)c1ccc(-c2ccc(-c3ccccc3)cc2)c(-c2ccsc2S(=O)(=O)NCCNC(=O)Nc2cc(C(F)(F)F)cc(C(F)(F)F)c2)c1. The van der Waals surface area contributed by atoms with Gasteiger partial charge in [-0.25, -0.2) is 17.9 Å². The summed E-state index contributed by atoms with van der Waals surface area (Å²) in [6, 6.07) is 25.1. The average molecular weight is 732 g/mol. The van der Waals surface area contributed by atoms with Crippen molar-refractivity contribution in [3.05, 3.63) is 119 Å². The molecule has 0 unspecified atom stereocenters. The van der Waals surface area contributed by atoms with Crippen LogP contribution in [0.15, 0.2) is 107 Å². The van der Waals surface area contributed by atoms with Gasteiger partial charge < -0.3 is 10.6 Å². The van der Waals surface area contributed by atoms with Crippen molar-refractivity contribution in [2.75, 3.05) is 18.4 Å². The van der Waals surface area contributed by atoms with E-state index >= 15 is 0 Å². The van der Waals surface area contributed by atoms with Gasteiger partial charge in [0.25, 0.3) is 10.0 Å². The Kier molecular flexibility index (Phi) is 10.7. The summed E-state index contributed by atoms with van der Waals surface area (Å²) in [5.41, 5.74) is 2.08. The fourth-order valence-electron chi connectivity index (χ4n) is 5.20. The number of halogens is 6. The normalized spacial score (nSPS) is 12.3. The van der Waals surface area contributed by atoms with Crippen LogP contribution in [0.25, 0.3) is 33.4 Å². The molecular weight excluding hydrogens is 701 g/mol. The summed E-state index contributed by atoms with van der Waals surface area (Å²) in [5, 5.41) is 5.85. The van der Waals surface area contributed by atoms with Gasteiger partial charge in [0.1, 0.15) is 4.21 Å². The number of rotatable bonds is 10. The van der Waals surface area contributed by atoms with Gasteiger partial charge in [0.05, 0.1) is 11.1 Å². The monoisotopic (exact) mass is 731 g/mol. The van der Waals surface area contributed by atoms with Crippen LogP contribution in [0.3, 0.4) is 0 Å². The lowest BCUT2D eigenvalue weighted by Crippen LogP contribution is -2.36. The molecule has 0 aliphatic heterocycles. The van der Waals surface area contributed by atoms with Crippen molar-refractivity contribution < 1.29 is 39.6 Å². The number of amides is 2. The molecule has 0 saturated carbocycles. The Bertz CT molecular complexity index is 2040. The summed E-state index contributed by atoms with van der Waals surface area (Å²) in [4.78, 5) is 12.3. The molecule has 1 heterocycles. The first kappa shape index (κ1) is 36.6. The van der Waals surface area contributed by atoms with Crippen LogP contribution in [0, 0.1) is 0 Å². The van der Waals surface area contributed by atoms with Crippen molar-refractivity contribution >= 4 is 33.1 Å². The van der Waals surface area contributed by atoms with Gasteiger partial charge in [-0.1, -0.05) is 86.6 Å². The van der Waals surface area contributed by atoms with Gasteiger partial charge in [0.15, 0.2) is 0 Å². The molecule has 0 spiro atoms. The molecule has 0 atom stereocenters. The molecule has 1 aromatic heterocycles. The second kappa shape index (κ2) is 14.7. The van der Waals surface area contributed by atoms with Crippen LogP contribution in [0.5, 0.6) is 0 Å². The van der Waals surface area contributed by atoms with Gasteiger partial charge in [0, 0.05) is 24.3 Å². The number of hydrogen-bond acceptors (Lipinski definition) is 4. The maximum atomic E-state index is 13.5. The number of anilines is 1. The van der Waals surface area contributed by atoms with Crippen LogP contribution in [0.1, 0.15) is 36.5 Å². The summed E-state index contributed by atoms with van der Waals surface area (Å²) < 4.78 is 108. The van der Waals surface area contributed by atoms with Gasteiger partial charge in [-0.15, -0.1) is 11.3 Å². The lowest BCUT2D eigenvalue weighted by molar-refractivity contribution is -0.143. The number of nitrogens with one attached hydrogen (secondary N) is 3. The fourth-order valence-corrected chi connectivity index (χ4v) is 7.65. The number of carbonyl (C=O) groups is 1. The number of carbonyl (C=O) groups excluding carboxylic acids is 1. The zero-order chi connectivity index (χ0) is 36.3. The van der Waals surface area contributed by atoms with Crippen LogP contribution >= 0.6 is 11.3 Å².